The van der Waals surface area contributed by atoms with E-state index in [1.54, 1.807) is 20.4 Å². The number of morpholine rings is 1. The fraction of sp³-hybridized carbons (Fsp3) is 0.250. The van der Waals surface area contributed by atoms with Gasteiger partial charge in [-0.15, -0.1) is 0 Å². The van der Waals surface area contributed by atoms with Crippen LogP contribution in [0.3, 0.4) is 0 Å². The summed E-state index contributed by atoms with van der Waals surface area (Å²) >= 11 is 0. The lowest BCUT2D eigenvalue weighted by Crippen LogP contribution is -2.36. The molecule has 1 N–H and O–H groups in total. The summed E-state index contributed by atoms with van der Waals surface area (Å²) in [5.74, 6) is 2.06. The average molecular weight is 431 g/mol. The van der Waals surface area contributed by atoms with Crippen molar-refractivity contribution >= 4 is 22.8 Å². The van der Waals surface area contributed by atoms with Crippen LogP contribution in [0.4, 0.5) is 17.2 Å². The Labute approximate surface area is 186 Å². The molecule has 3 heterocycles. The van der Waals surface area contributed by atoms with E-state index in [2.05, 4.69) is 44.5 Å². The van der Waals surface area contributed by atoms with E-state index in [4.69, 9.17) is 14.2 Å². The summed E-state index contributed by atoms with van der Waals surface area (Å²) in [6.45, 7) is 3.38. The van der Waals surface area contributed by atoms with Crippen LogP contribution in [-0.2, 0) is 4.74 Å². The average Bonchev–Trinajstić information content (AvgIpc) is 3.30. The van der Waals surface area contributed by atoms with Crippen molar-refractivity contribution in [2.75, 3.05) is 50.7 Å². The molecule has 8 heteroatoms. The molecule has 8 nitrogen and oxygen atoms in total. The molecular formula is C24H25N5O3. The van der Waals surface area contributed by atoms with Crippen molar-refractivity contribution in [1.82, 2.24) is 14.4 Å². The molecule has 0 unspecified atom stereocenters. The normalized spacial score (nSPS) is 13.9. The molecule has 1 aliphatic heterocycles. The van der Waals surface area contributed by atoms with Crippen molar-refractivity contribution in [2.24, 2.45) is 0 Å². The number of nitrogens with one attached hydrogen (secondary N) is 1. The molecule has 0 radical (unpaired) electrons. The van der Waals surface area contributed by atoms with Gasteiger partial charge in [0.05, 0.1) is 39.3 Å². The second kappa shape index (κ2) is 8.76. The van der Waals surface area contributed by atoms with Gasteiger partial charge in [-0.05, 0) is 42.5 Å². The van der Waals surface area contributed by atoms with E-state index in [-0.39, 0.29) is 0 Å². The minimum Gasteiger partial charge on any atom is -0.493 e. The highest BCUT2D eigenvalue weighted by atomic mass is 16.5. The van der Waals surface area contributed by atoms with Gasteiger partial charge < -0.3 is 24.4 Å². The van der Waals surface area contributed by atoms with Crippen LogP contribution < -0.4 is 19.7 Å². The van der Waals surface area contributed by atoms with Gasteiger partial charge in [-0.3, -0.25) is 4.40 Å². The second-order valence-corrected chi connectivity index (χ2v) is 7.45. The van der Waals surface area contributed by atoms with Crippen LogP contribution in [0.15, 0.2) is 61.1 Å². The van der Waals surface area contributed by atoms with Gasteiger partial charge in [0.15, 0.2) is 23.0 Å². The highest BCUT2D eigenvalue weighted by Crippen LogP contribution is 2.33. The Hall–Kier alpha value is -3.78. The molecule has 2 aromatic carbocycles. The Morgan fingerprint density at radius 2 is 1.72 bits per heavy atom. The molecule has 0 saturated carbocycles. The Balaban J connectivity index is 1.42. The fourth-order valence-electron chi connectivity index (χ4n) is 3.93. The van der Waals surface area contributed by atoms with Crippen LogP contribution in [0.25, 0.3) is 16.9 Å². The molecule has 4 aromatic rings. The molecule has 0 aliphatic carbocycles. The quantitative estimate of drug-likeness (QED) is 0.495. The smallest absolute Gasteiger partial charge is 0.180 e. The zero-order valence-corrected chi connectivity index (χ0v) is 18.1. The standard InChI is InChI=1S/C24H25N5O3/c1-30-21-8-3-17(15-22(21)31-2)20-16-26-24-23(25-9-10-29(20)24)27-18-4-6-19(7-5-18)28-11-13-32-14-12-28/h3-10,15-16H,11-14H2,1-2H3,(H,25,27). The molecular weight excluding hydrogens is 406 g/mol. The van der Waals surface area contributed by atoms with Crippen LogP contribution in [-0.4, -0.2) is 54.9 Å². The van der Waals surface area contributed by atoms with Gasteiger partial charge in [0, 0.05) is 42.4 Å². The topological polar surface area (TPSA) is 73.2 Å². The molecule has 1 saturated heterocycles. The lowest BCUT2D eigenvalue weighted by Gasteiger charge is -2.28. The number of hydrogen-bond acceptors (Lipinski definition) is 7. The number of aromatic nitrogens is 3. The van der Waals surface area contributed by atoms with Crippen LogP contribution in [0.1, 0.15) is 0 Å². The Kier molecular flexibility index (Phi) is 5.51. The van der Waals surface area contributed by atoms with E-state index in [1.165, 1.54) is 5.69 Å². The van der Waals surface area contributed by atoms with E-state index in [1.807, 2.05) is 35.0 Å². The highest BCUT2D eigenvalue weighted by molar-refractivity contribution is 5.75. The molecule has 0 bridgehead atoms. The number of methoxy groups -OCH3 is 2. The van der Waals surface area contributed by atoms with Crippen molar-refractivity contribution in [3.05, 3.63) is 61.1 Å². The van der Waals surface area contributed by atoms with E-state index >= 15 is 0 Å². The van der Waals surface area contributed by atoms with E-state index in [9.17, 15) is 0 Å². The number of hydrogen-bond donors (Lipinski definition) is 1. The zero-order chi connectivity index (χ0) is 21.9. The number of benzene rings is 2. The molecule has 0 spiro atoms. The largest absolute Gasteiger partial charge is 0.493 e. The minimum absolute atomic E-state index is 0.674. The summed E-state index contributed by atoms with van der Waals surface area (Å²) in [5, 5.41) is 3.40. The molecule has 164 valence electrons. The minimum atomic E-state index is 0.674. The van der Waals surface area contributed by atoms with Crippen LogP contribution in [0.5, 0.6) is 11.5 Å². The first-order chi connectivity index (χ1) is 15.8. The number of imidazole rings is 1. The van der Waals surface area contributed by atoms with E-state index in [0.717, 1.165) is 48.9 Å². The van der Waals surface area contributed by atoms with Gasteiger partial charge in [0.25, 0.3) is 0 Å². The maximum absolute atomic E-state index is 5.45. The highest BCUT2D eigenvalue weighted by Gasteiger charge is 2.14. The summed E-state index contributed by atoms with van der Waals surface area (Å²) in [4.78, 5) is 11.5. The number of ether oxygens (including phenoxy) is 3. The second-order valence-electron chi connectivity index (χ2n) is 7.45. The third kappa shape index (κ3) is 3.80. The predicted octanol–water partition coefficient (Wildman–Crippen LogP) is 3.99. The maximum atomic E-state index is 5.45. The number of nitrogens with zero attached hydrogens (tertiary/aromatic N) is 4. The SMILES string of the molecule is COc1ccc(-c2cnc3c(Nc4ccc(N5CCOCC5)cc4)nccn23)cc1OC. The van der Waals surface area contributed by atoms with Gasteiger partial charge in [0.1, 0.15) is 0 Å². The Morgan fingerprint density at radius 3 is 2.47 bits per heavy atom. The first-order valence-electron chi connectivity index (χ1n) is 10.5. The van der Waals surface area contributed by atoms with E-state index in [0.29, 0.717) is 17.3 Å². The summed E-state index contributed by atoms with van der Waals surface area (Å²) in [7, 11) is 3.26. The first-order valence-corrected chi connectivity index (χ1v) is 10.5. The Morgan fingerprint density at radius 1 is 0.938 bits per heavy atom. The predicted molar refractivity (Wildman–Crippen MR) is 124 cm³/mol. The van der Waals surface area contributed by atoms with Crippen LogP contribution in [0.2, 0.25) is 0 Å². The summed E-state index contributed by atoms with van der Waals surface area (Å²) < 4.78 is 18.3. The summed E-state index contributed by atoms with van der Waals surface area (Å²) in [6.07, 6.45) is 5.51. The zero-order valence-electron chi connectivity index (χ0n) is 18.1. The van der Waals surface area contributed by atoms with Gasteiger partial charge in [-0.1, -0.05) is 0 Å². The van der Waals surface area contributed by atoms with Gasteiger partial charge in [-0.2, -0.15) is 0 Å². The number of rotatable bonds is 6. The molecule has 0 amide bonds. The molecule has 2 aromatic heterocycles. The van der Waals surface area contributed by atoms with Crippen molar-refractivity contribution in [2.45, 2.75) is 0 Å². The molecule has 1 aliphatic rings. The third-order valence-electron chi connectivity index (χ3n) is 5.61. The van der Waals surface area contributed by atoms with Gasteiger partial charge >= 0.3 is 0 Å². The molecule has 5 rings (SSSR count). The molecule has 1 fully saturated rings. The third-order valence-corrected chi connectivity index (χ3v) is 5.61. The van der Waals surface area contributed by atoms with Crippen molar-refractivity contribution in [3.63, 3.8) is 0 Å². The van der Waals surface area contributed by atoms with Crippen molar-refractivity contribution in [3.8, 4) is 22.8 Å². The fourth-order valence-corrected chi connectivity index (χ4v) is 3.93. The molecule has 32 heavy (non-hydrogen) atoms. The van der Waals surface area contributed by atoms with Crippen LogP contribution >= 0.6 is 0 Å². The summed E-state index contributed by atoms with van der Waals surface area (Å²) in [6, 6.07) is 14.2. The number of anilines is 3. The lowest BCUT2D eigenvalue weighted by atomic mass is 10.1. The van der Waals surface area contributed by atoms with Crippen molar-refractivity contribution < 1.29 is 14.2 Å². The maximum Gasteiger partial charge on any atom is 0.180 e. The van der Waals surface area contributed by atoms with Gasteiger partial charge in [0.2, 0.25) is 0 Å². The number of fused-ring (bicyclic) bond motifs is 1. The first kappa shape index (κ1) is 20.1. The van der Waals surface area contributed by atoms with Crippen LogP contribution in [0, 0.1) is 0 Å². The molecule has 0 atom stereocenters. The van der Waals surface area contributed by atoms with Crippen molar-refractivity contribution in [1.29, 1.82) is 0 Å². The monoisotopic (exact) mass is 431 g/mol. The van der Waals surface area contributed by atoms with Gasteiger partial charge in [-0.25, -0.2) is 9.97 Å². The Bertz CT molecular complexity index is 1220. The lowest BCUT2D eigenvalue weighted by molar-refractivity contribution is 0.122. The van der Waals surface area contributed by atoms with E-state index < -0.39 is 0 Å². The summed E-state index contributed by atoms with van der Waals surface area (Å²) in [5.41, 5.74) is 4.81.